The van der Waals surface area contributed by atoms with Gasteiger partial charge in [-0.3, -0.25) is 9.59 Å². The maximum absolute atomic E-state index is 12.9. The fourth-order valence-electron chi connectivity index (χ4n) is 2.44. The molecule has 3 rings (SSSR count). The van der Waals surface area contributed by atoms with Crippen LogP contribution in [0.25, 0.3) is 0 Å². The van der Waals surface area contributed by atoms with Gasteiger partial charge in [0, 0.05) is 12.1 Å². The summed E-state index contributed by atoms with van der Waals surface area (Å²) in [6.45, 7) is 0.0374. The van der Waals surface area contributed by atoms with E-state index in [1.807, 2.05) is 0 Å². The predicted octanol–water partition coefficient (Wildman–Crippen LogP) is 3.57. The minimum atomic E-state index is -4.56. The minimum Gasteiger partial charge on any atom is -0.414 e. The first-order valence-corrected chi connectivity index (χ1v) is 10.1. The van der Waals surface area contributed by atoms with Crippen LogP contribution in [0.2, 0.25) is 0 Å². The van der Waals surface area contributed by atoms with Gasteiger partial charge >= 0.3 is 6.18 Å². The first kappa shape index (κ1) is 23.3. The summed E-state index contributed by atoms with van der Waals surface area (Å²) in [5.74, 6) is -1.40. The van der Waals surface area contributed by atoms with E-state index >= 15 is 0 Å². The van der Waals surface area contributed by atoms with Crippen molar-refractivity contribution in [2.45, 2.75) is 24.5 Å². The second kappa shape index (κ2) is 10.3. The molecule has 0 bridgehead atoms. The van der Waals surface area contributed by atoms with Gasteiger partial charge in [0.1, 0.15) is 5.82 Å². The van der Waals surface area contributed by atoms with Crippen LogP contribution < -0.4 is 10.6 Å². The van der Waals surface area contributed by atoms with Gasteiger partial charge in [-0.2, -0.15) is 13.2 Å². The number of amides is 2. The van der Waals surface area contributed by atoms with Crippen LogP contribution in [0.15, 0.2) is 58.2 Å². The third-order valence-electron chi connectivity index (χ3n) is 4.03. The minimum absolute atomic E-state index is 0.0145. The van der Waals surface area contributed by atoms with E-state index in [9.17, 15) is 27.2 Å². The number of aromatic nitrogens is 2. The van der Waals surface area contributed by atoms with E-state index in [1.54, 1.807) is 12.1 Å². The van der Waals surface area contributed by atoms with Gasteiger partial charge < -0.3 is 15.1 Å². The Balaban J connectivity index is 1.44. The average molecular weight is 468 g/mol. The van der Waals surface area contributed by atoms with E-state index in [4.69, 9.17) is 4.42 Å². The molecule has 32 heavy (non-hydrogen) atoms. The zero-order valence-electron chi connectivity index (χ0n) is 16.3. The lowest BCUT2D eigenvalue weighted by atomic mass is 10.1. The van der Waals surface area contributed by atoms with Crippen LogP contribution in [0.4, 0.5) is 17.6 Å². The normalized spacial score (nSPS) is 11.2. The van der Waals surface area contributed by atoms with Crippen LogP contribution in [-0.4, -0.2) is 27.8 Å². The Bertz CT molecular complexity index is 1090. The molecule has 0 spiro atoms. The second-order valence-electron chi connectivity index (χ2n) is 6.41. The van der Waals surface area contributed by atoms with Gasteiger partial charge in [-0.1, -0.05) is 30.0 Å². The zero-order valence-corrected chi connectivity index (χ0v) is 17.1. The number of rotatable bonds is 8. The van der Waals surface area contributed by atoms with Crippen molar-refractivity contribution in [1.82, 2.24) is 20.8 Å². The highest BCUT2D eigenvalue weighted by Gasteiger charge is 2.30. The fourth-order valence-corrected chi connectivity index (χ4v) is 3.05. The Labute approximate surface area is 183 Å². The van der Waals surface area contributed by atoms with Gasteiger partial charge in [-0.05, 0) is 35.9 Å². The Morgan fingerprint density at radius 3 is 2.47 bits per heavy atom. The standard InChI is InChI=1S/C20H16F4N4O3S/c21-15-6-4-12(5-7-15)9-25-16(29)11-32-19-28-27-17(31-19)10-26-18(30)13-2-1-3-14(8-13)20(22,23)24/h1-8H,9-11H2,(H,25,29)(H,26,30). The first-order chi connectivity index (χ1) is 15.2. The monoisotopic (exact) mass is 468 g/mol. The number of nitrogens with zero attached hydrogens (tertiary/aromatic N) is 2. The van der Waals surface area contributed by atoms with Crippen molar-refractivity contribution in [1.29, 1.82) is 0 Å². The summed E-state index contributed by atoms with van der Waals surface area (Å²) in [4.78, 5) is 24.0. The maximum Gasteiger partial charge on any atom is 0.416 e. The molecule has 7 nitrogen and oxygen atoms in total. The topological polar surface area (TPSA) is 97.1 Å². The Morgan fingerprint density at radius 1 is 1.00 bits per heavy atom. The van der Waals surface area contributed by atoms with Crippen molar-refractivity contribution in [3.05, 3.63) is 76.9 Å². The molecule has 0 atom stereocenters. The number of nitrogens with one attached hydrogen (secondary N) is 2. The van der Waals surface area contributed by atoms with Gasteiger partial charge in [0.2, 0.25) is 11.8 Å². The molecule has 12 heteroatoms. The Morgan fingerprint density at radius 2 is 1.75 bits per heavy atom. The van der Waals surface area contributed by atoms with Crippen LogP contribution >= 0.6 is 11.8 Å². The van der Waals surface area contributed by atoms with Crippen LogP contribution in [0.3, 0.4) is 0 Å². The molecule has 0 saturated heterocycles. The van der Waals surface area contributed by atoms with E-state index in [1.165, 1.54) is 18.2 Å². The van der Waals surface area contributed by atoms with Gasteiger partial charge in [0.25, 0.3) is 11.1 Å². The largest absolute Gasteiger partial charge is 0.416 e. The van der Waals surface area contributed by atoms with Crippen LogP contribution in [0.1, 0.15) is 27.4 Å². The van der Waals surface area contributed by atoms with Crippen LogP contribution in [0.5, 0.6) is 0 Å². The molecule has 0 aliphatic rings. The van der Waals surface area contributed by atoms with E-state index < -0.39 is 17.6 Å². The van der Waals surface area contributed by atoms with Gasteiger partial charge in [0.05, 0.1) is 17.9 Å². The number of hydrogen-bond donors (Lipinski definition) is 2. The van der Waals surface area contributed by atoms with Crippen molar-refractivity contribution in [3.8, 4) is 0 Å². The molecule has 2 N–H and O–H groups in total. The number of alkyl halides is 3. The highest BCUT2D eigenvalue weighted by molar-refractivity contribution is 7.99. The number of benzene rings is 2. The van der Waals surface area contributed by atoms with E-state index in [-0.39, 0.29) is 47.2 Å². The molecule has 0 saturated carbocycles. The third-order valence-corrected chi connectivity index (χ3v) is 4.85. The molecule has 0 fully saturated rings. The summed E-state index contributed by atoms with van der Waals surface area (Å²) in [7, 11) is 0. The lowest BCUT2D eigenvalue weighted by Gasteiger charge is -2.08. The number of carbonyl (C=O) groups excluding carboxylic acids is 2. The lowest BCUT2D eigenvalue weighted by molar-refractivity contribution is -0.137. The van der Waals surface area contributed by atoms with Gasteiger partial charge in [-0.25, -0.2) is 4.39 Å². The molecular formula is C20H16F4N4O3S. The van der Waals surface area contributed by atoms with E-state index in [2.05, 4.69) is 20.8 Å². The molecule has 168 valence electrons. The summed E-state index contributed by atoms with van der Waals surface area (Å²) in [5, 5.41) is 12.6. The zero-order chi connectivity index (χ0) is 23.1. The summed E-state index contributed by atoms with van der Waals surface area (Å²) in [6, 6.07) is 9.71. The molecule has 1 aromatic heterocycles. The Kier molecular flexibility index (Phi) is 7.46. The Hall–Kier alpha value is -3.41. The van der Waals surface area contributed by atoms with Crippen molar-refractivity contribution in [3.63, 3.8) is 0 Å². The van der Waals surface area contributed by atoms with Crippen molar-refractivity contribution in [2.75, 3.05) is 5.75 Å². The SMILES string of the molecule is O=C(CSc1nnc(CNC(=O)c2cccc(C(F)(F)F)c2)o1)NCc1ccc(F)cc1. The quantitative estimate of drug-likeness (QED) is 0.388. The maximum atomic E-state index is 12.9. The second-order valence-corrected chi connectivity index (χ2v) is 7.34. The summed E-state index contributed by atoms with van der Waals surface area (Å²) in [5.41, 5.74) is -0.354. The van der Waals surface area contributed by atoms with Crippen LogP contribution in [-0.2, 0) is 24.1 Å². The first-order valence-electron chi connectivity index (χ1n) is 9.12. The summed E-state index contributed by atoms with van der Waals surface area (Å²) >= 11 is 0.972. The summed E-state index contributed by atoms with van der Waals surface area (Å²) < 4.78 is 56.4. The van der Waals surface area contributed by atoms with E-state index in [0.29, 0.717) is 0 Å². The molecule has 0 aliphatic heterocycles. The highest BCUT2D eigenvalue weighted by atomic mass is 32.2. The van der Waals surface area contributed by atoms with Crippen molar-refractivity contribution < 1.29 is 31.6 Å². The number of halogens is 4. The van der Waals surface area contributed by atoms with E-state index in [0.717, 1.165) is 35.5 Å². The predicted molar refractivity (Wildman–Crippen MR) is 106 cm³/mol. The third kappa shape index (κ3) is 6.80. The van der Waals surface area contributed by atoms with Crippen molar-refractivity contribution >= 4 is 23.6 Å². The highest BCUT2D eigenvalue weighted by Crippen LogP contribution is 2.29. The van der Waals surface area contributed by atoms with Gasteiger partial charge in [-0.15, -0.1) is 10.2 Å². The van der Waals surface area contributed by atoms with Gasteiger partial charge in [0.15, 0.2) is 0 Å². The molecule has 0 aliphatic carbocycles. The molecule has 2 aromatic carbocycles. The molecule has 3 aromatic rings. The molecule has 0 radical (unpaired) electrons. The molecule has 2 amide bonds. The average Bonchev–Trinajstić information content (AvgIpc) is 3.23. The number of thioether (sulfide) groups is 1. The number of carbonyl (C=O) groups is 2. The lowest BCUT2D eigenvalue weighted by Crippen LogP contribution is -2.24. The summed E-state index contributed by atoms with van der Waals surface area (Å²) in [6.07, 6.45) is -4.56. The molecule has 1 heterocycles. The number of hydrogen-bond acceptors (Lipinski definition) is 6. The molecular weight excluding hydrogens is 452 g/mol. The fraction of sp³-hybridized carbons (Fsp3) is 0.200. The molecule has 0 unspecified atom stereocenters. The smallest absolute Gasteiger partial charge is 0.414 e. The van der Waals surface area contributed by atoms with Crippen molar-refractivity contribution in [2.24, 2.45) is 0 Å². The van der Waals surface area contributed by atoms with Crippen LogP contribution in [0, 0.1) is 5.82 Å².